The molecule has 4 fully saturated rings. The highest BCUT2D eigenvalue weighted by molar-refractivity contribution is 6.04. The Bertz CT molecular complexity index is 2210. The quantitative estimate of drug-likeness (QED) is 0.177. The molecule has 2 unspecified atom stereocenters. The molecule has 2 bridgehead atoms. The molecule has 3 N–H and O–H groups in total. The SMILES string of the molecule is C#Cc1c(F)ccc2cc(O)cc(-c3ccc4c(N5CC6CCC(C5)N6C[C@@H](O)CNC(=O)OC(C)(C)C)nc(OC[C@@]56CCCN5C[C@H](F)C6)nc4c3F)c12. The number of carbonyl (C=O) groups is 1. The molecule has 1 aromatic heterocycles. The van der Waals surface area contributed by atoms with Crippen LogP contribution in [0.25, 0.3) is 32.8 Å². The van der Waals surface area contributed by atoms with Crippen molar-refractivity contribution in [2.45, 2.75) is 88.4 Å². The van der Waals surface area contributed by atoms with E-state index in [1.165, 1.54) is 24.3 Å². The summed E-state index contributed by atoms with van der Waals surface area (Å²) in [6, 6.07) is 8.86. The molecule has 1 amide bonds. The monoisotopic (exact) mass is 772 g/mol. The molecule has 0 radical (unpaired) electrons. The summed E-state index contributed by atoms with van der Waals surface area (Å²) in [6.45, 7) is 8.05. The van der Waals surface area contributed by atoms with Gasteiger partial charge in [0, 0.05) is 67.6 Å². The maximum Gasteiger partial charge on any atom is 0.407 e. The second-order valence-electron chi connectivity index (χ2n) is 16.7. The Morgan fingerprint density at radius 2 is 1.88 bits per heavy atom. The molecule has 0 spiro atoms. The van der Waals surface area contributed by atoms with Gasteiger partial charge in [-0.1, -0.05) is 18.1 Å². The lowest BCUT2D eigenvalue weighted by atomic mass is 9.93. The number of benzene rings is 3. The zero-order valence-electron chi connectivity index (χ0n) is 31.8. The third kappa shape index (κ3) is 7.16. The number of nitrogens with zero attached hydrogens (tertiary/aromatic N) is 5. The van der Waals surface area contributed by atoms with Gasteiger partial charge in [-0.3, -0.25) is 9.80 Å². The van der Waals surface area contributed by atoms with E-state index in [4.69, 9.17) is 20.9 Å². The first kappa shape index (κ1) is 38.1. The van der Waals surface area contributed by atoms with E-state index in [2.05, 4.69) is 30.9 Å². The molecular weight excluding hydrogens is 725 g/mol. The highest BCUT2D eigenvalue weighted by Gasteiger charge is 2.49. The Labute approximate surface area is 323 Å². The summed E-state index contributed by atoms with van der Waals surface area (Å²) in [5.41, 5.74) is -0.941. The molecule has 56 heavy (non-hydrogen) atoms. The molecule has 0 saturated carbocycles. The second-order valence-corrected chi connectivity index (χ2v) is 16.7. The van der Waals surface area contributed by atoms with Crippen LogP contribution in [0.2, 0.25) is 0 Å². The number of phenols is 1. The summed E-state index contributed by atoms with van der Waals surface area (Å²) in [5, 5.41) is 25.4. The molecule has 296 valence electrons. The lowest BCUT2D eigenvalue weighted by Gasteiger charge is -2.42. The summed E-state index contributed by atoms with van der Waals surface area (Å²) >= 11 is 0. The lowest BCUT2D eigenvalue weighted by Crippen LogP contribution is -2.56. The van der Waals surface area contributed by atoms with Crippen LogP contribution in [0.4, 0.5) is 23.8 Å². The molecular formula is C42H47F3N6O5. The number of hydrogen-bond donors (Lipinski definition) is 3. The van der Waals surface area contributed by atoms with Crippen molar-refractivity contribution in [3.63, 3.8) is 0 Å². The van der Waals surface area contributed by atoms with Crippen molar-refractivity contribution < 1.29 is 37.7 Å². The van der Waals surface area contributed by atoms with Crippen molar-refractivity contribution in [2.24, 2.45) is 0 Å². The largest absolute Gasteiger partial charge is 0.508 e. The van der Waals surface area contributed by atoms with Crippen LogP contribution < -0.4 is 15.0 Å². The number of alkyl carbamates (subject to hydrolysis) is 1. The molecule has 4 aromatic rings. The normalized spacial score (nSPS) is 24.4. The highest BCUT2D eigenvalue weighted by Crippen LogP contribution is 2.43. The average Bonchev–Trinajstić information content (AvgIpc) is 3.74. The standard InChI is InChI=1S/C42H47F3N6O5/c1-5-30-34(44)12-7-24-15-28(52)16-33(35(24)30)31-10-11-32-37(36(31)45)47-39(55-23-42-13-6-14-50(42)19-25(43)17-42)48-38(32)49-20-26-8-9-27(21-49)51(26)22-29(53)18-46-40(54)56-41(2,3)4/h1,7,10-12,15-16,25-27,29,52-53H,6,8-9,13-14,17-23H2,2-4H3,(H,46,54)/t25-,26?,27?,29+,42+/m1/s1. The fourth-order valence-corrected chi connectivity index (χ4v) is 9.35. The molecule has 5 atom stereocenters. The zero-order valence-corrected chi connectivity index (χ0v) is 31.8. The van der Waals surface area contributed by atoms with Crippen molar-refractivity contribution in [2.75, 3.05) is 50.8 Å². The number of hydrogen-bond acceptors (Lipinski definition) is 10. The van der Waals surface area contributed by atoms with Crippen molar-refractivity contribution in [3.8, 4) is 35.2 Å². The number of aliphatic hydroxyl groups excluding tert-OH is 1. The van der Waals surface area contributed by atoms with Crippen LogP contribution in [0, 0.1) is 24.0 Å². The minimum atomic E-state index is -0.958. The number of terminal acetylenes is 1. The number of alkyl halides is 1. The number of aliphatic hydroxyl groups is 1. The third-order valence-corrected chi connectivity index (χ3v) is 11.7. The number of carbonyl (C=O) groups excluding carboxylic acids is 1. The summed E-state index contributed by atoms with van der Waals surface area (Å²) in [7, 11) is 0. The van der Waals surface area contributed by atoms with Gasteiger partial charge >= 0.3 is 12.1 Å². The number of ether oxygens (including phenoxy) is 2. The average molecular weight is 773 g/mol. The number of anilines is 1. The highest BCUT2D eigenvalue weighted by atomic mass is 19.1. The molecule has 14 heteroatoms. The van der Waals surface area contributed by atoms with E-state index in [-0.39, 0.29) is 64.6 Å². The van der Waals surface area contributed by atoms with Crippen LogP contribution in [-0.2, 0) is 4.74 Å². The van der Waals surface area contributed by atoms with E-state index in [0.717, 1.165) is 32.2 Å². The number of rotatable bonds is 9. The Morgan fingerprint density at radius 1 is 1.11 bits per heavy atom. The van der Waals surface area contributed by atoms with E-state index in [1.54, 1.807) is 32.9 Å². The molecule has 3 aromatic carbocycles. The number of fused-ring (bicyclic) bond motifs is 5. The first-order valence-corrected chi connectivity index (χ1v) is 19.3. The maximum atomic E-state index is 17.2. The minimum Gasteiger partial charge on any atom is -0.508 e. The van der Waals surface area contributed by atoms with Crippen molar-refractivity contribution in [3.05, 3.63) is 53.6 Å². The van der Waals surface area contributed by atoms with Gasteiger partial charge in [0.1, 0.15) is 41.3 Å². The number of phenolic OH excluding ortho intramolecular Hbond substituents is 1. The van der Waals surface area contributed by atoms with Crippen LogP contribution >= 0.6 is 0 Å². The molecule has 11 nitrogen and oxygen atoms in total. The van der Waals surface area contributed by atoms with E-state index in [0.29, 0.717) is 49.2 Å². The summed E-state index contributed by atoms with van der Waals surface area (Å²) in [6.07, 6.45) is 7.16. The second kappa shape index (κ2) is 14.6. The van der Waals surface area contributed by atoms with Crippen molar-refractivity contribution >= 4 is 33.6 Å². The van der Waals surface area contributed by atoms with Gasteiger partial charge in [-0.15, -0.1) is 6.42 Å². The zero-order chi connectivity index (χ0) is 39.5. The van der Waals surface area contributed by atoms with Crippen LogP contribution in [-0.4, -0.2) is 117 Å². The molecule has 4 saturated heterocycles. The molecule has 0 aliphatic carbocycles. The first-order chi connectivity index (χ1) is 26.7. The van der Waals surface area contributed by atoms with Gasteiger partial charge in [0.15, 0.2) is 5.82 Å². The van der Waals surface area contributed by atoms with Gasteiger partial charge in [0.25, 0.3) is 0 Å². The lowest BCUT2D eigenvalue weighted by molar-refractivity contribution is 0.0433. The topological polar surface area (TPSA) is 124 Å². The van der Waals surface area contributed by atoms with Crippen LogP contribution in [0.5, 0.6) is 11.8 Å². The molecule has 4 aliphatic rings. The Balaban J connectivity index is 1.13. The van der Waals surface area contributed by atoms with Crippen LogP contribution in [0.15, 0.2) is 36.4 Å². The number of halogens is 3. The number of nitrogens with one attached hydrogen (secondary N) is 1. The van der Waals surface area contributed by atoms with Crippen LogP contribution in [0.3, 0.4) is 0 Å². The van der Waals surface area contributed by atoms with Gasteiger partial charge in [-0.2, -0.15) is 9.97 Å². The van der Waals surface area contributed by atoms with Crippen LogP contribution in [0.1, 0.15) is 58.4 Å². The molecule has 8 rings (SSSR count). The summed E-state index contributed by atoms with van der Waals surface area (Å²) < 4.78 is 58.4. The first-order valence-electron chi connectivity index (χ1n) is 19.3. The van der Waals surface area contributed by atoms with Crippen molar-refractivity contribution in [1.29, 1.82) is 0 Å². The Kier molecular flexibility index (Phi) is 9.91. The number of aromatic nitrogens is 2. The van der Waals surface area contributed by atoms with E-state index in [9.17, 15) is 23.8 Å². The maximum absolute atomic E-state index is 17.2. The van der Waals surface area contributed by atoms with Gasteiger partial charge < -0.3 is 29.9 Å². The smallest absolute Gasteiger partial charge is 0.407 e. The van der Waals surface area contributed by atoms with E-state index < -0.39 is 41.1 Å². The minimum absolute atomic E-state index is 0.0216. The fraction of sp³-hybridized carbons (Fsp3) is 0.500. The van der Waals surface area contributed by atoms with E-state index in [1.807, 2.05) is 0 Å². The fourth-order valence-electron chi connectivity index (χ4n) is 9.35. The predicted molar refractivity (Wildman–Crippen MR) is 207 cm³/mol. The molecule has 5 heterocycles. The number of piperazine rings is 1. The Morgan fingerprint density at radius 3 is 2.61 bits per heavy atom. The summed E-state index contributed by atoms with van der Waals surface area (Å²) in [4.78, 5) is 28.2. The third-order valence-electron chi connectivity index (χ3n) is 11.7. The van der Waals surface area contributed by atoms with Gasteiger partial charge in [-0.25, -0.2) is 18.0 Å². The summed E-state index contributed by atoms with van der Waals surface area (Å²) in [5.74, 6) is 1.37. The number of aromatic hydroxyl groups is 1. The Hall–Kier alpha value is -4.84. The van der Waals surface area contributed by atoms with Crippen molar-refractivity contribution in [1.82, 2.24) is 25.1 Å². The van der Waals surface area contributed by atoms with Gasteiger partial charge in [0.05, 0.1) is 17.2 Å². The van der Waals surface area contributed by atoms with Gasteiger partial charge in [0.2, 0.25) is 0 Å². The molecule has 4 aliphatic heterocycles. The van der Waals surface area contributed by atoms with E-state index >= 15 is 4.39 Å². The number of amides is 1. The predicted octanol–water partition coefficient (Wildman–Crippen LogP) is 5.91. The van der Waals surface area contributed by atoms with Gasteiger partial charge in [-0.05, 0) is 88.2 Å².